The summed E-state index contributed by atoms with van der Waals surface area (Å²) in [6, 6.07) is 7.45. The number of furan rings is 1. The first kappa shape index (κ1) is 17.1. The van der Waals surface area contributed by atoms with Gasteiger partial charge in [0.25, 0.3) is 5.91 Å². The Morgan fingerprint density at radius 3 is 3.00 bits per heavy atom. The van der Waals surface area contributed by atoms with E-state index in [0.717, 1.165) is 31.6 Å². The van der Waals surface area contributed by atoms with Crippen LogP contribution in [0.2, 0.25) is 0 Å². The maximum Gasteiger partial charge on any atom is 0.257 e. The number of likely N-dealkylation sites (tertiary alicyclic amines) is 1. The molecule has 2 atom stereocenters. The monoisotopic (exact) mass is 356 g/mol. The van der Waals surface area contributed by atoms with Gasteiger partial charge in [0.15, 0.2) is 0 Å². The zero-order valence-electron chi connectivity index (χ0n) is 15.2. The molecule has 2 aromatic rings. The minimum atomic E-state index is -0.319. The number of rotatable bonds is 3. The second-order valence-corrected chi connectivity index (χ2v) is 7.26. The highest BCUT2D eigenvalue weighted by Crippen LogP contribution is 2.36. The first-order chi connectivity index (χ1) is 12.5. The summed E-state index contributed by atoms with van der Waals surface area (Å²) in [5.74, 6) is 2.08. The predicted molar refractivity (Wildman–Crippen MR) is 95.3 cm³/mol. The average Bonchev–Trinajstić information content (AvgIpc) is 3.17. The SMILES string of the molecule is Cc1cc(C(=O)N2CCC[C@]3(C[C@@H](Oc4ccccn4)CO3)C2)c(C)o1. The van der Waals surface area contributed by atoms with Crippen molar-refractivity contribution in [2.24, 2.45) is 0 Å². The topological polar surface area (TPSA) is 64.8 Å². The number of aryl methyl sites for hydroxylation is 2. The molecule has 138 valence electrons. The van der Waals surface area contributed by atoms with Gasteiger partial charge in [0.2, 0.25) is 5.88 Å². The summed E-state index contributed by atoms with van der Waals surface area (Å²) < 4.78 is 17.6. The van der Waals surface area contributed by atoms with Crippen molar-refractivity contribution in [3.63, 3.8) is 0 Å². The summed E-state index contributed by atoms with van der Waals surface area (Å²) >= 11 is 0. The van der Waals surface area contributed by atoms with E-state index in [0.29, 0.717) is 30.4 Å². The molecule has 2 aromatic heterocycles. The molecule has 4 heterocycles. The molecule has 0 N–H and O–H groups in total. The van der Waals surface area contributed by atoms with Gasteiger partial charge < -0.3 is 18.8 Å². The van der Waals surface area contributed by atoms with Gasteiger partial charge in [0.1, 0.15) is 17.6 Å². The van der Waals surface area contributed by atoms with Crippen LogP contribution in [0.4, 0.5) is 0 Å². The number of aromatic nitrogens is 1. The quantitative estimate of drug-likeness (QED) is 0.845. The third-order valence-corrected chi connectivity index (χ3v) is 5.20. The molecule has 0 radical (unpaired) electrons. The molecule has 2 fully saturated rings. The number of hydrogen-bond donors (Lipinski definition) is 0. The van der Waals surface area contributed by atoms with Crippen LogP contribution in [0.15, 0.2) is 34.9 Å². The Bertz CT molecular complexity index is 788. The van der Waals surface area contributed by atoms with Crippen LogP contribution in [0.1, 0.15) is 41.1 Å². The molecular formula is C20H24N2O4. The number of carbonyl (C=O) groups excluding carboxylic acids is 1. The van der Waals surface area contributed by atoms with E-state index in [1.54, 1.807) is 6.20 Å². The highest BCUT2D eigenvalue weighted by molar-refractivity contribution is 5.95. The van der Waals surface area contributed by atoms with Crippen LogP contribution in [-0.4, -0.2) is 47.2 Å². The summed E-state index contributed by atoms with van der Waals surface area (Å²) in [5, 5.41) is 0. The van der Waals surface area contributed by atoms with Gasteiger partial charge in [-0.15, -0.1) is 0 Å². The van der Waals surface area contributed by atoms with Crippen molar-refractivity contribution in [3.05, 3.63) is 47.5 Å². The van der Waals surface area contributed by atoms with Crippen LogP contribution in [0, 0.1) is 13.8 Å². The second kappa shape index (κ2) is 6.76. The first-order valence-electron chi connectivity index (χ1n) is 9.13. The van der Waals surface area contributed by atoms with E-state index in [9.17, 15) is 4.79 Å². The molecule has 2 aliphatic rings. The van der Waals surface area contributed by atoms with Gasteiger partial charge in [-0.1, -0.05) is 6.07 Å². The molecule has 0 aromatic carbocycles. The zero-order chi connectivity index (χ0) is 18.1. The van der Waals surface area contributed by atoms with Crippen molar-refractivity contribution in [1.29, 1.82) is 0 Å². The molecule has 1 spiro atoms. The fourth-order valence-corrected chi connectivity index (χ4v) is 4.04. The largest absolute Gasteiger partial charge is 0.472 e. The molecule has 26 heavy (non-hydrogen) atoms. The van der Waals surface area contributed by atoms with Crippen molar-refractivity contribution in [3.8, 4) is 5.88 Å². The first-order valence-corrected chi connectivity index (χ1v) is 9.13. The molecule has 6 nitrogen and oxygen atoms in total. The number of piperidine rings is 1. The summed E-state index contributed by atoms with van der Waals surface area (Å²) in [6.45, 7) is 5.57. The molecule has 0 bridgehead atoms. The number of ether oxygens (including phenoxy) is 2. The summed E-state index contributed by atoms with van der Waals surface area (Å²) in [4.78, 5) is 19.0. The molecular weight excluding hydrogens is 332 g/mol. The van der Waals surface area contributed by atoms with Crippen molar-refractivity contribution >= 4 is 5.91 Å². The molecule has 2 aliphatic heterocycles. The van der Waals surface area contributed by atoms with E-state index in [1.807, 2.05) is 43.0 Å². The number of hydrogen-bond acceptors (Lipinski definition) is 5. The third kappa shape index (κ3) is 3.33. The minimum absolute atomic E-state index is 0.0242. The lowest BCUT2D eigenvalue weighted by atomic mass is 9.89. The molecule has 4 rings (SSSR count). The van der Waals surface area contributed by atoms with Gasteiger partial charge >= 0.3 is 0 Å². The minimum Gasteiger partial charge on any atom is -0.472 e. The number of nitrogens with zero attached hydrogens (tertiary/aromatic N) is 2. The van der Waals surface area contributed by atoms with E-state index < -0.39 is 0 Å². The molecule has 0 unspecified atom stereocenters. The lowest BCUT2D eigenvalue weighted by molar-refractivity contribution is -0.0454. The third-order valence-electron chi connectivity index (χ3n) is 5.20. The zero-order valence-corrected chi connectivity index (χ0v) is 15.2. The maximum absolute atomic E-state index is 12.9. The summed E-state index contributed by atoms with van der Waals surface area (Å²) in [5.41, 5.74) is 0.332. The van der Waals surface area contributed by atoms with Gasteiger partial charge in [0.05, 0.1) is 24.3 Å². The van der Waals surface area contributed by atoms with Gasteiger partial charge in [-0.25, -0.2) is 4.98 Å². The molecule has 6 heteroatoms. The second-order valence-electron chi connectivity index (χ2n) is 7.26. The average molecular weight is 356 g/mol. The van der Waals surface area contributed by atoms with Gasteiger partial charge in [-0.2, -0.15) is 0 Å². The molecule has 1 amide bonds. The van der Waals surface area contributed by atoms with Gasteiger partial charge in [-0.05, 0) is 38.8 Å². The number of carbonyl (C=O) groups is 1. The Morgan fingerprint density at radius 2 is 2.27 bits per heavy atom. The standard InChI is InChI=1S/C20H24N2O4/c1-14-10-17(15(2)25-14)19(23)22-9-5-7-20(13-22)11-16(12-24-20)26-18-6-3-4-8-21-18/h3-4,6,8,10,16H,5,7,9,11-13H2,1-2H3/t16-,20+/m1/s1. The van der Waals surface area contributed by atoms with Crippen molar-refractivity contribution < 1.29 is 18.7 Å². The van der Waals surface area contributed by atoms with Crippen LogP contribution >= 0.6 is 0 Å². The van der Waals surface area contributed by atoms with Crippen LogP contribution in [0.3, 0.4) is 0 Å². The highest BCUT2D eigenvalue weighted by atomic mass is 16.6. The maximum atomic E-state index is 12.9. The lowest BCUT2D eigenvalue weighted by Crippen LogP contribution is -2.50. The van der Waals surface area contributed by atoms with Crippen LogP contribution in [0.25, 0.3) is 0 Å². The lowest BCUT2D eigenvalue weighted by Gasteiger charge is -2.39. The van der Waals surface area contributed by atoms with Crippen LogP contribution in [-0.2, 0) is 4.74 Å². The number of pyridine rings is 1. The highest BCUT2D eigenvalue weighted by Gasteiger charge is 2.45. The summed E-state index contributed by atoms with van der Waals surface area (Å²) in [7, 11) is 0. The Morgan fingerprint density at radius 1 is 1.38 bits per heavy atom. The van der Waals surface area contributed by atoms with Crippen LogP contribution in [0.5, 0.6) is 5.88 Å². The van der Waals surface area contributed by atoms with Crippen molar-refractivity contribution in [2.45, 2.75) is 44.8 Å². The summed E-state index contributed by atoms with van der Waals surface area (Å²) in [6.07, 6.45) is 4.34. The van der Waals surface area contributed by atoms with E-state index in [-0.39, 0.29) is 17.6 Å². The molecule has 2 saturated heterocycles. The number of amides is 1. The van der Waals surface area contributed by atoms with Gasteiger partial charge in [0, 0.05) is 25.2 Å². The Balaban J connectivity index is 1.43. The van der Waals surface area contributed by atoms with E-state index in [2.05, 4.69) is 4.98 Å². The van der Waals surface area contributed by atoms with E-state index >= 15 is 0 Å². The fraction of sp³-hybridized carbons (Fsp3) is 0.500. The smallest absolute Gasteiger partial charge is 0.257 e. The normalized spacial score (nSPS) is 25.6. The van der Waals surface area contributed by atoms with E-state index in [1.165, 1.54) is 0 Å². The van der Waals surface area contributed by atoms with E-state index in [4.69, 9.17) is 13.9 Å². The predicted octanol–water partition coefficient (Wildman–Crippen LogP) is 3.13. The Hall–Kier alpha value is -2.34. The van der Waals surface area contributed by atoms with Crippen LogP contribution < -0.4 is 4.74 Å². The Labute approximate surface area is 153 Å². The Kier molecular flexibility index (Phi) is 4.44. The molecule has 0 saturated carbocycles. The van der Waals surface area contributed by atoms with Gasteiger partial charge in [-0.3, -0.25) is 4.79 Å². The van der Waals surface area contributed by atoms with Crippen molar-refractivity contribution in [2.75, 3.05) is 19.7 Å². The molecule has 0 aliphatic carbocycles. The van der Waals surface area contributed by atoms with Crippen molar-refractivity contribution in [1.82, 2.24) is 9.88 Å². The fourth-order valence-electron chi connectivity index (χ4n) is 4.04.